The largest absolute Gasteiger partial charge is 0.497 e. The summed E-state index contributed by atoms with van der Waals surface area (Å²) in [5, 5.41) is 3.49. The number of anilines is 1. The number of nitrogens with zero attached hydrogens (tertiary/aromatic N) is 2. The molecule has 43 heavy (non-hydrogen) atoms. The molecular weight excluding hydrogens is 586 g/mol. The molecule has 0 radical (unpaired) electrons. The van der Waals surface area contributed by atoms with E-state index >= 15 is 0 Å². The first-order valence-electron chi connectivity index (χ1n) is 14.6. The molecule has 0 aliphatic heterocycles. The number of methoxy groups -OCH3 is 1. The number of sulfonamides is 1. The number of rotatable bonds is 11. The molecule has 4 rings (SSSR count). The predicted molar refractivity (Wildman–Crippen MR) is 170 cm³/mol. The number of carbonyl (C=O) groups is 2. The van der Waals surface area contributed by atoms with Gasteiger partial charge in [0.2, 0.25) is 11.8 Å². The summed E-state index contributed by atoms with van der Waals surface area (Å²) >= 11 is 6.41. The van der Waals surface area contributed by atoms with Crippen molar-refractivity contribution >= 4 is 39.1 Å². The van der Waals surface area contributed by atoms with E-state index in [1.165, 1.54) is 17.0 Å². The Labute approximate surface area is 260 Å². The fraction of sp³-hybridized carbons (Fsp3) is 0.394. The van der Waals surface area contributed by atoms with Crippen molar-refractivity contribution in [2.75, 3.05) is 18.0 Å². The van der Waals surface area contributed by atoms with Crippen LogP contribution in [0.3, 0.4) is 0 Å². The van der Waals surface area contributed by atoms with Crippen LogP contribution in [0, 0.1) is 13.8 Å². The van der Waals surface area contributed by atoms with E-state index in [4.69, 9.17) is 16.3 Å². The summed E-state index contributed by atoms with van der Waals surface area (Å²) in [5.41, 5.74) is 2.72. The van der Waals surface area contributed by atoms with Crippen LogP contribution >= 0.6 is 11.6 Å². The lowest BCUT2D eigenvalue weighted by molar-refractivity contribution is -0.139. The molecule has 10 heteroatoms. The van der Waals surface area contributed by atoms with E-state index < -0.39 is 28.5 Å². The molecule has 0 unspecified atom stereocenters. The highest BCUT2D eigenvalue weighted by Crippen LogP contribution is 2.29. The van der Waals surface area contributed by atoms with Gasteiger partial charge in [-0.15, -0.1) is 0 Å². The minimum atomic E-state index is -4.17. The van der Waals surface area contributed by atoms with Crippen LogP contribution in [0.25, 0.3) is 0 Å². The number of hydrogen-bond acceptors (Lipinski definition) is 5. The van der Waals surface area contributed by atoms with Crippen molar-refractivity contribution in [2.45, 2.75) is 76.4 Å². The Morgan fingerprint density at radius 1 is 0.977 bits per heavy atom. The summed E-state index contributed by atoms with van der Waals surface area (Å²) in [6.45, 7) is 4.95. The molecule has 230 valence electrons. The lowest BCUT2D eigenvalue weighted by atomic mass is 9.95. The van der Waals surface area contributed by atoms with Gasteiger partial charge in [-0.25, -0.2) is 8.42 Å². The summed E-state index contributed by atoms with van der Waals surface area (Å²) in [4.78, 5) is 29.1. The van der Waals surface area contributed by atoms with Crippen molar-refractivity contribution in [3.63, 3.8) is 0 Å². The Morgan fingerprint density at radius 2 is 1.63 bits per heavy atom. The van der Waals surface area contributed by atoms with Crippen LogP contribution in [0.2, 0.25) is 5.02 Å². The van der Waals surface area contributed by atoms with Crippen molar-refractivity contribution < 1.29 is 22.7 Å². The van der Waals surface area contributed by atoms with Gasteiger partial charge < -0.3 is 15.0 Å². The number of carbonyl (C=O) groups excluding carboxylic acids is 2. The van der Waals surface area contributed by atoms with E-state index in [0.29, 0.717) is 10.8 Å². The first kappa shape index (κ1) is 32.4. The maximum atomic E-state index is 14.2. The number of hydrogen-bond donors (Lipinski definition) is 1. The SMILES string of the molecule is COc1ccc(CN(C(=O)CN(c2ccc(C)c(Cl)c2)S(=O)(=O)c2ccc(C)cc2)[C@@H](C)C(=O)NC2CCCCC2)cc1. The minimum Gasteiger partial charge on any atom is -0.497 e. The number of nitrogens with one attached hydrogen (secondary N) is 1. The van der Waals surface area contributed by atoms with E-state index in [-0.39, 0.29) is 29.1 Å². The highest BCUT2D eigenvalue weighted by Gasteiger charge is 2.33. The molecule has 1 aliphatic carbocycles. The van der Waals surface area contributed by atoms with Crippen molar-refractivity contribution in [3.05, 3.63) is 88.4 Å². The van der Waals surface area contributed by atoms with Gasteiger partial charge in [-0.1, -0.05) is 66.8 Å². The summed E-state index contributed by atoms with van der Waals surface area (Å²) < 4.78 is 34.4. The topological polar surface area (TPSA) is 96.0 Å². The summed E-state index contributed by atoms with van der Waals surface area (Å²) in [5.74, 6) is -0.120. The Bertz CT molecular complexity index is 1520. The molecule has 1 fully saturated rings. The normalized spacial score (nSPS) is 14.5. The van der Waals surface area contributed by atoms with Crippen LogP contribution in [0.4, 0.5) is 5.69 Å². The highest BCUT2D eigenvalue weighted by atomic mass is 35.5. The Hall–Kier alpha value is -3.56. The van der Waals surface area contributed by atoms with Crippen LogP contribution in [-0.2, 0) is 26.2 Å². The molecule has 0 heterocycles. The van der Waals surface area contributed by atoms with Gasteiger partial charge in [0, 0.05) is 17.6 Å². The van der Waals surface area contributed by atoms with Gasteiger partial charge in [0.15, 0.2) is 0 Å². The van der Waals surface area contributed by atoms with E-state index in [1.807, 2.05) is 26.0 Å². The van der Waals surface area contributed by atoms with Gasteiger partial charge in [-0.2, -0.15) is 0 Å². The summed E-state index contributed by atoms with van der Waals surface area (Å²) in [6, 6.07) is 17.8. The molecular formula is C33H40ClN3O5S. The first-order chi connectivity index (χ1) is 20.5. The second-order valence-electron chi connectivity index (χ2n) is 11.1. The van der Waals surface area contributed by atoms with Gasteiger partial charge in [0.05, 0.1) is 17.7 Å². The van der Waals surface area contributed by atoms with Crippen molar-refractivity contribution in [2.24, 2.45) is 0 Å². The van der Waals surface area contributed by atoms with Crippen molar-refractivity contribution in [1.29, 1.82) is 0 Å². The highest BCUT2D eigenvalue weighted by molar-refractivity contribution is 7.92. The summed E-state index contributed by atoms with van der Waals surface area (Å²) in [7, 11) is -2.60. The lowest BCUT2D eigenvalue weighted by Crippen LogP contribution is -2.53. The number of benzene rings is 3. The number of halogens is 1. The van der Waals surface area contributed by atoms with Crippen LogP contribution in [0.1, 0.15) is 55.7 Å². The van der Waals surface area contributed by atoms with Gasteiger partial charge >= 0.3 is 0 Å². The molecule has 0 saturated heterocycles. The van der Waals surface area contributed by atoms with Crippen molar-refractivity contribution in [1.82, 2.24) is 10.2 Å². The minimum absolute atomic E-state index is 0.0485. The first-order valence-corrected chi connectivity index (χ1v) is 16.4. The molecule has 2 amide bonds. The monoisotopic (exact) mass is 625 g/mol. The van der Waals surface area contributed by atoms with Crippen molar-refractivity contribution in [3.8, 4) is 5.75 Å². The third-order valence-electron chi connectivity index (χ3n) is 7.96. The third-order valence-corrected chi connectivity index (χ3v) is 10.2. The molecule has 8 nitrogen and oxygen atoms in total. The number of aryl methyl sites for hydroxylation is 2. The van der Waals surface area contributed by atoms with E-state index in [2.05, 4.69) is 5.32 Å². The fourth-order valence-corrected chi connectivity index (χ4v) is 6.76. The quantitative estimate of drug-likeness (QED) is 0.281. The third kappa shape index (κ3) is 8.09. The van der Waals surface area contributed by atoms with Gasteiger partial charge in [0.1, 0.15) is 18.3 Å². The van der Waals surface area contributed by atoms with Crippen LogP contribution in [0.5, 0.6) is 5.75 Å². The van der Waals surface area contributed by atoms with Gasteiger partial charge in [-0.3, -0.25) is 13.9 Å². The van der Waals surface area contributed by atoms with Gasteiger partial charge in [-0.05, 0) is 81.1 Å². The van der Waals surface area contributed by atoms with Crippen LogP contribution in [0.15, 0.2) is 71.6 Å². The average molecular weight is 626 g/mol. The maximum Gasteiger partial charge on any atom is 0.264 e. The molecule has 3 aromatic carbocycles. The predicted octanol–water partition coefficient (Wildman–Crippen LogP) is 6.03. The Morgan fingerprint density at radius 3 is 2.23 bits per heavy atom. The molecule has 1 N–H and O–H groups in total. The molecule has 1 saturated carbocycles. The number of ether oxygens (including phenoxy) is 1. The van der Waals surface area contributed by atoms with Gasteiger partial charge in [0.25, 0.3) is 10.0 Å². The zero-order chi connectivity index (χ0) is 31.1. The maximum absolute atomic E-state index is 14.2. The average Bonchev–Trinajstić information content (AvgIpc) is 3.00. The van der Waals surface area contributed by atoms with E-state index in [9.17, 15) is 18.0 Å². The van der Waals surface area contributed by atoms with Crippen LogP contribution < -0.4 is 14.4 Å². The lowest BCUT2D eigenvalue weighted by Gasteiger charge is -2.33. The zero-order valence-corrected chi connectivity index (χ0v) is 26.7. The fourth-order valence-electron chi connectivity index (χ4n) is 5.18. The second kappa shape index (κ2) is 14.3. The molecule has 1 atom stereocenters. The molecule has 0 spiro atoms. The molecule has 1 aliphatic rings. The second-order valence-corrected chi connectivity index (χ2v) is 13.4. The van der Waals surface area contributed by atoms with Crippen LogP contribution in [-0.4, -0.2) is 50.9 Å². The van der Waals surface area contributed by atoms with E-state index in [1.54, 1.807) is 56.5 Å². The van der Waals surface area contributed by atoms with E-state index in [0.717, 1.165) is 53.1 Å². The summed E-state index contributed by atoms with van der Waals surface area (Å²) in [6.07, 6.45) is 5.07. The molecule has 0 aromatic heterocycles. The molecule has 3 aromatic rings. The Kier molecular flexibility index (Phi) is 10.7. The Balaban J connectivity index is 1.69. The standard InChI is InChI=1S/C33H40ClN3O5S/c1-23-10-18-30(19-11-23)43(40,41)37(28-15-12-24(2)31(34)20-28)22-32(38)36(21-26-13-16-29(42-4)17-14-26)25(3)33(39)35-27-8-6-5-7-9-27/h10-20,25,27H,5-9,21-22H2,1-4H3,(H,35,39)/t25-/m0/s1. The smallest absolute Gasteiger partial charge is 0.264 e. The zero-order valence-electron chi connectivity index (χ0n) is 25.2. The number of amides is 2. The molecule has 0 bridgehead atoms.